The number of hydrogen-bond acceptors (Lipinski definition) is 3. The lowest BCUT2D eigenvalue weighted by atomic mass is 9.93. The van der Waals surface area contributed by atoms with Crippen LogP contribution in [0.3, 0.4) is 0 Å². The number of ketones is 1. The molecule has 1 spiro atoms. The number of nitrogens with zero attached hydrogens (tertiary/aromatic N) is 1. The van der Waals surface area contributed by atoms with Crippen molar-refractivity contribution in [3.8, 4) is 0 Å². The first-order valence-corrected chi connectivity index (χ1v) is 3.58. The highest BCUT2D eigenvalue weighted by Crippen LogP contribution is 2.31. The summed E-state index contributed by atoms with van der Waals surface area (Å²) in [6.45, 7) is 2.13. The molecule has 0 aromatic heterocycles. The first-order chi connectivity index (χ1) is 4.76. The van der Waals surface area contributed by atoms with Gasteiger partial charge in [-0.1, -0.05) is 0 Å². The average Bonchev–Trinajstić information content (AvgIpc) is 2.06. The Balaban J connectivity index is 2.23. The molecule has 2 saturated heterocycles. The Morgan fingerprint density at radius 1 is 1.60 bits per heavy atom. The van der Waals surface area contributed by atoms with E-state index in [0.29, 0.717) is 25.4 Å². The highest BCUT2D eigenvalue weighted by Gasteiger charge is 2.52. The third kappa shape index (κ3) is 0.545. The van der Waals surface area contributed by atoms with Gasteiger partial charge in [0.15, 0.2) is 5.78 Å². The number of likely N-dealkylation sites (tertiary alicyclic amines) is 1. The predicted octanol–water partition coefficient (Wildman–Crippen LogP) is -0.340. The lowest BCUT2D eigenvalue weighted by molar-refractivity contribution is -0.153. The van der Waals surface area contributed by atoms with Gasteiger partial charge >= 0.3 is 0 Å². The van der Waals surface area contributed by atoms with Crippen LogP contribution in [0.25, 0.3) is 0 Å². The molecule has 0 aromatic carbocycles. The van der Waals surface area contributed by atoms with E-state index in [2.05, 4.69) is 4.90 Å². The minimum atomic E-state index is -0.194. The van der Waals surface area contributed by atoms with Crippen LogP contribution in [0, 0.1) is 0 Å². The number of ether oxygens (including phenoxy) is 1. The zero-order valence-electron chi connectivity index (χ0n) is 6.09. The van der Waals surface area contributed by atoms with Crippen molar-refractivity contribution >= 4 is 5.78 Å². The van der Waals surface area contributed by atoms with E-state index in [4.69, 9.17) is 4.74 Å². The van der Waals surface area contributed by atoms with Crippen LogP contribution in [-0.4, -0.2) is 43.0 Å². The molecule has 2 aliphatic heterocycles. The van der Waals surface area contributed by atoms with E-state index in [0.717, 1.165) is 6.54 Å². The smallest absolute Gasteiger partial charge is 0.159 e. The SMILES string of the molecule is CN1CCC(=O)C12COC2. The van der Waals surface area contributed by atoms with Gasteiger partial charge < -0.3 is 4.74 Å². The highest BCUT2D eigenvalue weighted by atomic mass is 16.5. The van der Waals surface area contributed by atoms with Gasteiger partial charge in [-0.05, 0) is 7.05 Å². The molecule has 0 atom stereocenters. The van der Waals surface area contributed by atoms with Crippen molar-refractivity contribution in [2.45, 2.75) is 12.0 Å². The summed E-state index contributed by atoms with van der Waals surface area (Å²) in [5.41, 5.74) is -0.194. The summed E-state index contributed by atoms with van der Waals surface area (Å²) in [7, 11) is 1.99. The third-order valence-corrected chi connectivity index (χ3v) is 2.61. The molecule has 56 valence electrons. The summed E-state index contributed by atoms with van der Waals surface area (Å²) in [4.78, 5) is 13.4. The maximum atomic E-state index is 11.3. The van der Waals surface area contributed by atoms with Crippen LogP contribution in [-0.2, 0) is 9.53 Å². The Morgan fingerprint density at radius 2 is 2.30 bits per heavy atom. The molecule has 3 nitrogen and oxygen atoms in total. The minimum absolute atomic E-state index is 0.194. The second kappa shape index (κ2) is 1.80. The number of hydrogen-bond donors (Lipinski definition) is 0. The van der Waals surface area contributed by atoms with Gasteiger partial charge in [0, 0.05) is 13.0 Å². The molecule has 3 heteroatoms. The van der Waals surface area contributed by atoms with E-state index < -0.39 is 0 Å². The zero-order chi connectivity index (χ0) is 7.19. The van der Waals surface area contributed by atoms with E-state index in [9.17, 15) is 4.79 Å². The normalized spacial score (nSPS) is 31.1. The monoisotopic (exact) mass is 141 g/mol. The summed E-state index contributed by atoms with van der Waals surface area (Å²) < 4.78 is 5.04. The van der Waals surface area contributed by atoms with E-state index >= 15 is 0 Å². The molecular formula is C7H11NO2. The molecule has 0 saturated carbocycles. The summed E-state index contributed by atoms with van der Waals surface area (Å²) >= 11 is 0. The number of Topliss-reactive ketones (excluding diaryl/α,β-unsaturated/α-hetero) is 1. The number of likely N-dealkylation sites (N-methyl/N-ethyl adjacent to an activating group) is 1. The van der Waals surface area contributed by atoms with E-state index in [1.54, 1.807) is 0 Å². The predicted molar refractivity (Wildman–Crippen MR) is 35.8 cm³/mol. The molecular weight excluding hydrogens is 130 g/mol. The van der Waals surface area contributed by atoms with Crippen molar-refractivity contribution < 1.29 is 9.53 Å². The minimum Gasteiger partial charge on any atom is -0.376 e. The van der Waals surface area contributed by atoms with Gasteiger partial charge in [-0.3, -0.25) is 9.69 Å². The molecule has 2 aliphatic rings. The molecule has 0 unspecified atom stereocenters. The van der Waals surface area contributed by atoms with Crippen LogP contribution in [0.1, 0.15) is 6.42 Å². The van der Waals surface area contributed by atoms with Crippen LogP contribution in [0.5, 0.6) is 0 Å². The molecule has 0 amide bonds. The number of carbonyl (C=O) groups excluding carboxylic acids is 1. The van der Waals surface area contributed by atoms with Crippen LogP contribution in [0.2, 0.25) is 0 Å². The fourth-order valence-electron chi connectivity index (χ4n) is 1.61. The topological polar surface area (TPSA) is 29.5 Å². The fraction of sp³-hybridized carbons (Fsp3) is 0.857. The molecule has 0 bridgehead atoms. The highest BCUT2D eigenvalue weighted by molar-refractivity contribution is 5.91. The van der Waals surface area contributed by atoms with E-state index in [-0.39, 0.29) is 5.54 Å². The first kappa shape index (κ1) is 6.31. The van der Waals surface area contributed by atoms with Gasteiger partial charge in [-0.15, -0.1) is 0 Å². The maximum absolute atomic E-state index is 11.3. The molecule has 2 heterocycles. The Kier molecular flexibility index (Phi) is 1.13. The third-order valence-electron chi connectivity index (χ3n) is 2.61. The molecule has 2 rings (SSSR count). The lowest BCUT2D eigenvalue weighted by Crippen LogP contribution is -2.61. The average molecular weight is 141 g/mol. The van der Waals surface area contributed by atoms with Crippen LogP contribution < -0.4 is 0 Å². The van der Waals surface area contributed by atoms with Gasteiger partial charge in [0.05, 0.1) is 13.2 Å². The second-order valence-corrected chi connectivity index (χ2v) is 3.12. The van der Waals surface area contributed by atoms with Gasteiger partial charge in [0.25, 0.3) is 0 Å². The Hall–Kier alpha value is -0.410. The van der Waals surface area contributed by atoms with Gasteiger partial charge in [-0.2, -0.15) is 0 Å². The Morgan fingerprint density at radius 3 is 2.50 bits per heavy atom. The Labute approximate surface area is 60.0 Å². The fourth-order valence-corrected chi connectivity index (χ4v) is 1.61. The van der Waals surface area contributed by atoms with Crippen LogP contribution in [0.4, 0.5) is 0 Å². The maximum Gasteiger partial charge on any atom is 0.159 e. The first-order valence-electron chi connectivity index (χ1n) is 3.58. The molecule has 0 N–H and O–H groups in total. The van der Waals surface area contributed by atoms with Crippen molar-refractivity contribution in [1.82, 2.24) is 4.90 Å². The van der Waals surface area contributed by atoms with Crippen molar-refractivity contribution in [3.63, 3.8) is 0 Å². The summed E-state index contributed by atoms with van der Waals surface area (Å²) in [5.74, 6) is 0.362. The molecule has 0 radical (unpaired) electrons. The lowest BCUT2D eigenvalue weighted by Gasteiger charge is -2.41. The molecule has 0 aliphatic carbocycles. The van der Waals surface area contributed by atoms with Crippen molar-refractivity contribution in [1.29, 1.82) is 0 Å². The number of rotatable bonds is 0. The quantitative estimate of drug-likeness (QED) is 0.462. The largest absolute Gasteiger partial charge is 0.376 e. The van der Waals surface area contributed by atoms with Crippen molar-refractivity contribution in [3.05, 3.63) is 0 Å². The van der Waals surface area contributed by atoms with Crippen molar-refractivity contribution in [2.24, 2.45) is 0 Å². The van der Waals surface area contributed by atoms with Crippen LogP contribution >= 0.6 is 0 Å². The Bertz CT molecular complexity index is 174. The molecule has 2 fully saturated rings. The molecule has 10 heavy (non-hydrogen) atoms. The van der Waals surface area contributed by atoms with Gasteiger partial charge in [0.2, 0.25) is 0 Å². The second-order valence-electron chi connectivity index (χ2n) is 3.12. The number of carbonyl (C=O) groups is 1. The van der Waals surface area contributed by atoms with Gasteiger partial charge in [-0.25, -0.2) is 0 Å². The summed E-state index contributed by atoms with van der Waals surface area (Å²) in [6.07, 6.45) is 0.708. The van der Waals surface area contributed by atoms with E-state index in [1.165, 1.54) is 0 Å². The standard InChI is InChI=1S/C7H11NO2/c1-8-3-2-6(9)7(8)4-10-5-7/h2-5H2,1H3. The van der Waals surface area contributed by atoms with E-state index in [1.807, 2.05) is 7.05 Å². The summed E-state index contributed by atoms with van der Waals surface area (Å²) in [5, 5.41) is 0. The summed E-state index contributed by atoms with van der Waals surface area (Å²) in [6, 6.07) is 0. The zero-order valence-corrected chi connectivity index (χ0v) is 6.09. The van der Waals surface area contributed by atoms with Crippen LogP contribution in [0.15, 0.2) is 0 Å². The van der Waals surface area contributed by atoms with Gasteiger partial charge in [0.1, 0.15) is 5.54 Å². The van der Waals surface area contributed by atoms with Crippen molar-refractivity contribution in [2.75, 3.05) is 26.8 Å². The molecule has 0 aromatic rings.